The largest absolute Gasteiger partial charge is 0.483 e. The van der Waals surface area contributed by atoms with Crippen LogP contribution < -0.4 is 10.1 Å². The van der Waals surface area contributed by atoms with Crippen LogP contribution in [0.5, 0.6) is 5.75 Å². The number of rotatable bonds is 12. The fourth-order valence-corrected chi connectivity index (χ4v) is 4.38. The summed E-state index contributed by atoms with van der Waals surface area (Å²) in [6, 6.07) is 13.7. The van der Waals surface area contributed by atoms with Gasteiger partial charge in [-0.15, -0.1) is 13.2 Å². The van der Waals surface area contributed by atoms with Crippen LogP contribution in [0.3, 0.4) is 0 Å². The molecule has 31 heavy (non-hydrogen) atoms. The molecule has 0 saturated carbocycles. The number of ether oxygens (including phenoxy) is 1. The van der Waals surface area contributed by atoms with E-state index in [2.05, 4.69) is 32.3 Å². The first-order valence-electron chi connectivity index (χ1n) is 10.2. The zero-order valence-electron chi connectivity index (χ0n) is 18.1. The van der Waals surface area contributed by atoms with E-state index in [4.69, 9.17) is 4.74 Å². The topological polar surface area (TPSA) is 75.7 Å². The summed E-state index contributed by atoms with van der Waals surface area (Å²) in [5.41, 5.74) is 1.55. The number of nitrogens with one attached hydrogen (secondary N) is 1. The molecule has 0 aliphatic heterocycles. The van der Waals surface area contributed by atoms with Gasteiger partial charge in [0.25, 0.3) is 5.91 Å². The van der Waals surface area contributed by atoms with Gasteiger partial charge in [0.05, 0.1) is 4.90 Å². The third-order valence-corrected chi connectivity index (χ3v) is 6.71. The molecule has 0 bridgehead atoms. The summed E-state index contributed by atoms with van der Waals surface area (Å²) in [7, 11) is -3.68. The van der Waals surface area contributed by atoms with E-state index in [-0.39, 0.29) is 30.5 Å². The molecule has 2 aromatic rings. The molecule has 0 aliphatic carbocycles. The van der Waals surface area contributed by atoms with Crippen LogP contribution in [0.2, 0.25) is 0 Å². The highest BCUT2D eigenvalue weighted by Crippen LogP contribution is 2.28. The normalized spacial score (nSPS) is 12.2. The van der Waals surface area contributed by atoms with E-state index in [9.17, 15) is 13.2 Å². The van der Waals surface area contributed by atoms with E-state index in [1.165, 1.54) is 28.6 Å². The van der Waals surface area contributed by atoms with Crippen molar-refractivity contribution in [3.05, 3.63) is 79.4 Å². The number of anilines is 1. The minimum atomic E-state index is -3.68. The summed E-state index contributed by atoms with van der Waals surface area (Å²) in [6.07, 6.45) is 4.02. The lowest BCUT2D eigenvalue weighted by Gasteiger charge is -2.19. The van der Waals surface area contributed by atoms with Gasteiger partial charge in [-0.1, -0.05) is 44.2 Å². The molecule has 0 radical (unpaired) electrons. The molecule has 0 heterocycles. The predicted molar refractivity (Wildman–Crippen MR) is 125 cm³/mol. The van der Waals surface area contributed by atoms with E-state index < -0.39 is 10.0 Å². The van der Waals surface area contributed by atoms with Gasteiger partial charge < -0.3 is 10.1 Å². The lowest BCUT2D eigenvalue weighted by atomic mass is 9.98. The van der Waals surface area contributed by atoms with Crippen LogP contribution in [0.15, 0.2) is 78.7 Å². The highest BCUT2D eigenvalue weighted by atomic mass is 32.2. The summed E-state index contributed by atoms with van der Waals surface area (Å²) in [5, 5.41) is 2.73. The maximum absolute atomic E-state index is 12.7. The smallest absolute Gasteiger partial charge is 0.262 e. The van der Waals surface area contributed by atoms with Crippen LogP contribution in [-0.2, 0) is 14.8 Å². The standard InChI is InChI=1S/C24H30N2O4S/c1-5-16-26(17-6-2)31(28,29)21-14-12-20(13-15-21)25-24(27)18-30-23-11-9-8-10-22(23)19(4)7-3/h5-6,8-15,19H,1-2,7,16-18H2,3-4H3,(H,25,27). The Balaban J connectivity index is 2.03. The molecule has 0 spiro atoms. The van der Waals surface area contributed by atoms with Crippen molar-refractivity contribution in [1.29, 1.82) is 0 Å². The Hall–Kier alpha value is -2.90. The fraction of sp³-hybridized carbons (Fsp3) is 0.292. The molecule has 0 aliphatic rings. The van der Waals surface area contributed by atoms with E-state index in [1.54, 1.807) is 12.1 Å². The first-order chi connectivity index (χ1) is 14.8. The van der Waals surface area contributed by atoms with Crippen molar-refractivity contribution in [3.63, 3.8) is 0 Å². The SMILES string of the molecule is C=CCN(CC=C)S(=O)(=O)c1ccc(NC(=O)COc2ccccc2C(C)CC)cc1. The second-order valence-electron chi connectivity index (χ2n) is 7.11. The van der Waals surface area contributed by atoms with Crippen molar-refractivity contribution in [2.75, 3.05) is 25.0 Å². The molecule has 0 saturated heterocycles. The summed E-state index contributed by atoms with van der Waals surface area (Å²) in [6.45, 7) is 11.6. The number of carbonyl (C=O) groups is 1. The van der Waals surface area contributed by atoms with Gasteiger partial charge in [-0.25, -0.2) is 8.42 Å². The number of hydrogen-bond acceptors (Lipinski definition) is 4. The van der Waals surface area contributed by atoms with Crippen LogP contribution in [0.4, 0.5) is 5.69 Å². The van der Waals surface area contributed by atoms with Crippen molar-refractivity contribution in [3.8, 4) is 5.75 Å². The summed E-state index contributed by atoms with van der Waals surface area (Å²) >= 11 is 0. The van der Waals surface area contributed by atoms with Gasteiger partial charge in [-0.05, 0) is 48.2 Å². The Morgan fingerprint density at radius 2 is 1.71 bits per heavy atom. The lowest BCUT2D eigenvalue weighted by Crippen LogP contribution is -2.31. The van der Waals surface area contributed by atoms with Crippen LogP contribution in [-0.4, -0.2) is 38.3 Å². The zero-order chi connectivity index (χ0) is 22.9. The lowest BCUT2D eigenvalue weighted by molar-refractivity contribution is -0.118. The second kappa shape index (κ2) is 11.5. The van der Waals surface area contributed by atoms with Crippen LogP contribution in [0.1, 0.15) is 31.7 Å². The van der Waals surface area contributed by atoms with Gasteiger partial charge in [-0.3, -0.25) is 4.79 Å². The van der Waals surface area contributed by atoms with Crippen molar-refractivity contribution >= 4 is 21.6 Å². The third-order valence-electron chi connectivity index (χ3n) is 4.86. The number of para-hydroxylation sites is 1. The quantitative estimate of drug-likeness (QED) is 0.488. The van der Waals surface area contributed by atoms with Gasteiger partial charge in [0, 0.05) is 18.8 Å². The monoisotopic (exact) mass is 442 g/mol. The molecule has 1 amide bonds. The predicted octanol–water partition coefficient (Wildman–Crippen LogP) is 4.58. The number of carbonyl (C=O) groups excluding carboxylic acids is 1. The first-order valence-corrected chi connectivity index (χ1v) is 11.6. The summed E-state index contributed by atoms with van der Waals surface area (Å²) in [4.78, 5) is 12.4. The van der Waals surface area contributed by atoms with Crippen molar-refractivity contribution in [2.24, 2.45) is 0 Å². The molecule has 7 heteroatoms. The average Bonchev–Trinajstić information content (AvgIpc) is 2.77. The molecule has 1 unspecified atom stereocenters. The second-order valence-corrected chi connectivity index (χ2v) is 9.05. The van der Waals surface area contributed by atoms with Crippen LogP contribution in [0.25, 0.3) is 0 Å². The number of nitrogens with zero attached hydrogens (tertiary/aromatic N) is 1. The minimum Gasteiger partial charge on any atom is -0.483 e. The van der Waals surface area contributed by atoms with Crippen molar-refractivity contribution < 1.29 is 17.9 Å². The molecule has 0 aromatic heterocycles. The van der Waals surface area contributed by atoms with E-state index in [0.717, 1.165) is 12.0 Å². The first kappa shape index (κ1) is 24.4. The molecule has 6 nitrogen and oxygen atoms in total. The van der Waals surface area contributed by atoms with E-state index in [1.807, 2.05) is 24.3 Å². The zero-order valence-corrected chi connectivity index (χ0v) is 18.9. The molecular formula is C24H30N2O4S. The molecular weight excluding hydrogens is 412 g/mol. The number of amides is 1. The Kier molecular flexibility index (Phi) is 9.03. The molecule has 0 fully saturated rings. The molecule has 166 valence electrons. The average molecular weight is 443 g/mol. The highest BCUT2D eigenvalue weighted by molar-refractivity contribution is 7.89. The maximum atomic E-state index is 12.7. The van der Waals surface area contributed by atoms with Crippen LogP contribution >= 0.6 is 0 Å². The van der Waals surface area contributed by atoms with Gasteiger partial charge in [0.15, 0.2) is 6.61 Å². The van der Waals surface area contributed by atoms with Crippen LogP contribution in [0, 0.1) is 0 Å². The summed E-state index contributed by atoms with van der Waals surface area (Å²) < 4.78 is 32.5. The Morgan fingerprint density at radius 1 is 1.10 bits per heavy atom. The maximum Gasteiger partial charge on any atom is 0.262 e. The number of hydrogen-bond donors (Lipinski definition) is 1. The number of benzene rings is 2. The van der Waals surface area contributed by atoms with Gasteiger partial charge in [0.2, 0.25) is 10.0 Å². The Labute approximate surface area is 185 Å². The third kappa shape index (κ3) is 6.54. The molecule has 2 aromatic carbocycles. The van der Waals surface area contributed by atoms with Gasteiger partial charge in [0.1, 0.15) is 5.75 Å². The van der Waals surface area contributed by atoms with Gasteiger partial charge in [-0.2, -0.15) is 4.31 Å². The van der Waals surface area contributed by atoms with Gasteiger partial charge >= 0.3 is 0 Å². The number of sulfonamides is 1. The minimum absolute atomic E-state index is 0.132. The molecule has 1 atom stereocenters. The van der Waals surface area contributed by atoms with E-state index in [0.29, 0.717) is 17.4 Å². The Morgan fingerprint density at radius 3 is 2.29 bits per heavy atom. The molecule has 1 N–H and O–H groups in total. The molecule has 2 rings (SSSR count). The van der Waals surface area contributed by atoms with E-state index >= 15 is 0 Å². The fourth-order valence-electron chi connectivity index (χ4n) is 3.00. The summed E-state index contributed by atoms with van der Waals surface area (Å²) in [5.74, 6) is 0.697. The van der Waals surface area contributed by atoms with Crippen molar-refractivity contribution in [1.82, 2.24) is 4.31 Å². The highest BCUT2D eigenvalue weighted by Gasteiger charge is 2.22. The Bertz CT molecular complexity index is 990. The van der Waals surface area contributed by atoms with Crippen molar-refractivity contribution in [2.45, 2.75) is 31.1 Å².